The van der Waals surface area contributed by atoms with Crippen LogP contribution in [0.15, 0.2) is 255 Å². The van der Waals surface area contributed by atoms with Crippen molar-refractivity contribution >= 4 is 113 Å². The number of benzene rings is 10. The van der Waals surface area contributed by atoms with E-state index in [-0.39, 0.29) is 17.5 Å². The number of hydrogen-bond acceptors (Lipinski definition) is 3. The van der Waals surface area contributed by atoms with Crippen molar-refractivity contribution < 1.29 is 0 Å². The number of nitrogens with zero attached hydrogens (tertiary/aromatic N) is 5. The predicted octanol–water partition coefficient (Wildman–Crippen LogP) is 18.0. The highest BCUT2D eigenvalue weighted by Gasteiger charge is 2.45. The van der Waals surface area contributed by atoms with Crippen LogP contribution in [0.5, 0.6) is 0 Å². The Morgan fingerprint density at radius 1 is 0.388 bits per heavy atom. The van der Waals surface area contributed by atoms with Crippen molar-refractivity contribution in [2.24, 2.45) is 0 Å². The molecule has 5 nitrogen and oxygen atoms in total. The molecule has 0 N–H and O–H groups in total. The van der Waals surface area contributed by atoms with E-state index in [0.29, 0.717) is 0 Å². The molecule has 80 heavy (non-hydrogen) atoms. The molecule has 2 aliphatic heterocycles. The molecule has 3 aromatic heterocycles. The second kappa shape index (κ2) is 18.0. The molecule has 384 valence electrons. The molecule has 0 radical (unpaired) electrons. The maximum atomic E-state index is 2.55. The molecule has 15 rings (SSSR count). The van der Waals surface area contributed by atoms with Crippen LogP contribution >= 0.6 is 0 Å². The molecule has 0 amide bonds. The van der Waals surface area contributed by atoms with Gasteiger partial charge in [0.15, 0.2) is 0 Å². The number of anilines is 9. The predicted molar refractivity (Wildman–Crippen MR) is 341 cm³/mol. The Morgan fingerprint density at radius 3 is 1.52 bits per heavy atom. The van der Waals surface area contributed by atoms with Gasteiger partial charge in [-0.25, -0.2) is 0 Å². The monoisotopic (exact) mass is 1030 g/mol. The highest BCUT2D eigenvalue weighted by Crippen LogP contribution is 2.49. The van der Waals surface area contributed by atoms with Gasteiger partial charge in [-0.05, 0) is 157 Å². The molecule has 0 bridgehead atoms. The fourth-order valence-electron chi connectivity index (χ4n) is 13.1. The van der Waals surface area contributed by atoms with Gasteiger partial charge in [-0.15, -0.1) is 0 Å². The Balaban J connectivity index is 1.04. The van der Waals surface area contributed by atoms with Gasteiger partial charge in [0.05, 0.1) is 16.7 Å². The van der Waals surface area contributed by atoms with E-state index < -0.39 is 0 Å². The lowest BCUT2D eigenvalue weighted by molar-refractivity contribution is 0.590. The first-order valence-corrected chi connectivity index (χ1v) is 28.1. The molecule has 10 aromatic carbocycles. The lowest BCUT2D eigenvalue weighted by Crippen LogP contribution is -2.61. The molecule has 0 fully saturated rings. The van der Waals surface area contributed by atoms with Crippen molar-refractivity contribution in [1.29, 1.82) is 0 Å². The third-order valence-corrected chi connectivity index (χ3v) is 17.0. The molecule has 6 heteroatoms. The normalized spacial score (nSPS) is 13.1. The highest BCUT2D eigenvalue weighted by atomic mass is 15.3. The average molecular weight is 1030 g/mol. The first kappa shape index (κ1) is 47.7. The molecule has 0 aliphatic carbocycles. The van der Waals surface area contributed by atoms with Crippen molar-refractivity contribution in [3.05, 3.63) is 266 Å². The van der Waals surface area contributed by atoms with E-state index >= 15 is 0 Å². The highest BCUT2D eigenvalue weighted by molar-refractivity contribution is 7.00. The first-order valence-electron chi connectivity index (χ1n) is 28.1. The summed E-state index contributed by atoms with van der Waals surface area (Å²) in [5, 5.41) is 4.93. The van der Waals surface area contributed by atoms with Crippen molar-refractivity contribution in [2.45, 2.75) is 52.4 Å². The number of fused-ring (bicyclic) bond motifs is 10. The molecule has 2 aliphatic rings. The van der Waals surface area contributed by atoms with Gasteiger partial charge in [0.25, 0.3) is 6.71 Å². The summed E-state index contributed by atoms with van der Waals surface area (Å²) in [6, 6.07) is 93.0. The summed E-state index contributed by atoms with van der Waals surface area (Å²) in [5.74, 6) is 1.14. The standard InChI is InChI=1S/C74H60BN5/c1-73(2,3)51-33-38-55(39-34-51)77(56-40-35-52(36-41-56)74(4,5)6)58-42-43-64-68(45-58)78(53-22-9-7-10-23-53)69-46-59(79-66-30-17-15-27-62(66)63-28-16-18-31-67(63)79)47-70-71(69)75(64)65-44-57-37-32-50(61-29-19-21-49-20-13-14-26-60(49)61)48-76(57)72(65)80(70)54-24-11-8-12-25-54/h7-48H,1-6H3. The van der Waals surface area contributed by atoms with Gasteiger partial charge < -0.3 is 18.8 Å². The van der Waals surface area contributed by atoms with Crippen LogP contribution in [0.25, 0.3) is 54.9 Å². The average Bonchev–Trinajstić information content (AvgIpc) is 4.11. The molecule has 5 heterocycles. The Labute approximate surface area is 468 Å². The van der Waals surface area contributed by atoms with Crippen LogP contribution in [0.4, 0.5) is 51.3 Å². The van der Waals surface area contributed by atoms with Crippen LogP contribution in [0.1, 0.15) is 52.7 Å². The van der Waals surface area contributed by atoms with Gasteiger partial charge >= 0.3 is 0 Å². The van der Waals surface area contributed by atoms with Gasteiger partial charge in [0, 0.05) is 68.0 Å². The molecule has 0 atom stereocenters. The van der Waals surface area contributed by atoms with Gasteiger partial charge in [0.2, 0.25) is 0 Å². The molecular formula is C74H60BN5. The van der Waals surface area contributed by atoms with Gasteiger partial charge in [-0.2, -0.15) is 0 Å². The molecular weight excluding hydrogens is 970 g/mol. The van der Waals surface area contributed by atoms with E-state index in [1.807, 2.05) is 0 Å². The maximum Gasteiger partial charge on any atom is 0.254 e. The maximum absolute atomic E-state index is 2.55. The zero-order valence-electron chi connectivity index (χ0n) is 46.1. The Morgan fingerprint density at radius 2 is 0.912 bits per heavy atom. The largest absolute Gasteiger partial charge is 0.311 e. The van der Waals surface area contributed by atoms with E-state index in [1.54, 1.807) is 0 Å². The fourth-order valence-corrected chi connectivity index (χ4v) is 13.1. The van der Waals surface area contributed by atoms with Crippen molar-refractivity contribution in [2.75, 3.05) is 14.7 Å². The van der Waals surface area contributed by atoms with E-state index in [0.717, 1.165) is 62.5 Å². The summed E-state index contributed by atoms with van der Waals surface area (Å²) in [5.41, 5.74) is 22.3. The smallest absolute Gasteiger partial charge is 0.254 e. The van der Waals surface area contributed by atoms with E-state index in [1.165, 1.54) is 71.2 Å². The zero-order chi connectivity index (χ0) is 54.0. The molecule has 0 spiro atoms. The Kier molecular flexibility index (Phi) is 10.7. The van der Waals surface area contributed by atoms with Crippen LogP contribution in [0.3, 0.4) is 0 Å². The topological polar surface area (TPSA) is 19.1 Å². The van der Waals surface area contributed by atoms with Crippen molar-refractivity contribution in [1.82, 2.24) is 8.97 Å². The first-order chi connectivity index (χ1) is 39.0. The van der Waals surface area contributed by atoms with Gasteiger partial charge in [-0.3, -0.25) is 4.90 Å². The fraction of sp³-hybridized carbons (Fsp3) is 0.108. The number of aromatic nitrogens is 2. The van der Waals surface area contributed by atoms with Crippen molar-refractivity contribution in [3.8, 4) is 16.8 Å². The number of para-hydroxylation sites is 4. The van der Waals surface area contributed by atoms with Crippen LogP contribution in [0, 0.1) is 0 Å². The Hall–Kier alpha value is -9.52. The minimum atomic E-state index is -0.127. The van der Waals surface area contributed by atoms with Crippen LogP contribution in [0.2, 0.25) is 0 Å². The van der Waals surface area contributed by atoms with E-state index in [4.69, 9.17) is 0 Å². The second-order valence-corrected chi connectivity index (χ2v) is 23.9. The van der Waals surface area contributed by atoms with Crippen LogP contribution in [-0.2, 0) is 10.8 Å². The number of pyridine rings is 1. The third kappa shape index (κ3) is 7.53. The summed E-state index contributed by atoms with van der Waals surface area (Å²) < 4.78 is 4.96. The molecule has 0 saturated heterocycles. The lowest BCUT2D eigenvalue weighted by atomic mass is 9.34. The van der Waals surface area contributed by atoms with Gasteiger partial charge in [0.1, 0.15) is 5.82 Å². The SMILES string of the molecule is CC(C)(C)c1ccc(N(c2ccc(C(C)(C)C)cc2)c2ccc3c(c2)N(c2ccccc2)c2cc(-n4c5ccccc5c5ccccc54)cc4c2B3c2cc3ccc(-c5cccc6ccccc56)cn3c2N4c2ccccc2)cc1. The summed E-state index contributed by atoms with van der Waals surface area (Å²) in [7, 11) is 0. The van der Waals surface area contributed by atoms with Crippen LogP contribution in [-0.4, -0.2) is 15.7 Å². The molecule has 13 aromatic rings. The third-order valence-electron chi connectivity index (χ3n) is 17.0. The number of rotatable bonds is 7. The summed E-state index contributed by atoms with van der Waals surface area (Å²) in [4.78, 5) is 7.55. The minimum absolute atomic E-state index is 0.0143. The summed E-state index contributed by atoms with van der Waals surface area (Å²) >= 11 is 0. The molecule has 0 saturated carbocycles. The van der Waals surface area contributed by atoms with E-state index in [9.17, 15) is 0 Å². The quantitative estimate of drug-likeness (QED) is 0.148. The van der Waals surface area contributed by atoms with Crippen LogP contribution < -0.4 is 31.1 Å². The number of hydrogen-bond donors (Lipinski definition) is 0. The summed E-state index contributed by atoms with van der Waals surface area (Å²) in [6.45, 7) is 13.6. The Bertz CT molecular complexity index is 4440. The van der Waals surface area contributed by atoms with Gasteiger partial charge in [-0.1, -0.05) is 193 Å². The molecule has 0 unspecified atom stereocenters. The minimum Gasteiger partial charge on any atom is -0.311 e. The zero-order valence-corrected chi connectivity index (χ0v) is 46.1. The summed E-state index contributed by atoms with van der Waals surface area (Å²) in [6.07, 6.45) is 2.38. The van der Waals surface area contributed by atoms with E-state index in [2.05, 4.69) is 320 Å². The van der Waals surface area contributed by atoms with Crippen molar-refractivity contribution in [3.63, 3.8) is 0 Å². The second-order valence-electron chi connectivity index (χ2n) is 23.9. The lowest BCUT2D eigenvalue weighted by Gasteiger charge is -2.44.